The summed E-state index contributed by atoms with van der Waals surface area (Å²) in [4.78, 5) is 14.7. The number of H-pyrrole nitrogens is 1. The summed E-state index contributed by atoms with van der Waals surface area (Å²) in [6.07, 6.45) is 0. The van der Waals surface area contributed by atoms with Gasteiger partial charge >= 0.3 is 0 Å². The first-order chi connectivity index (χ1) is 13.9. The number of rotatable bonds is 8. The summed E-state index contributed by atoms with van der Waals surface area (Å²) in [5.41, 5.74) is 6.98. The van der Waals surface area contributed by atoms with Crippen molar-refractivity contribution in [2.24, 2.45) is 5.73 Å². The van der Waals surface area contributed by atoms with Crippen LogP contribution in [-0.2, 0) is 0 Å². The second-order valence-electron chi connectivity index (χ2n) is 6.05. The summed E-state index contributed by atoms with van der Waals surface area (Å²) in [6, 6.07) is 8.31. The van der Waals surface area contributed by atoms with E-state index in [0.29, 0.717) is 36.1 Å². The first-order valence-electron chi connectivity index (χ1n) is 8.99. The summed E-state index contributed by atoms with van der Waals surface area (Å²) < 4.78 is 11.2. The minimum atomic E-state index is -0.660. The zero-order valence-electron chi connectivity index (χ0n) is 16.0. The van der Waals surface area contributed by atoms with Crippen molar-refractivity contribution in [3.8, 4) is 28.6 Å². The molecule has 0 fully saturated rings. The highest BCUT2D eigenvalue weighted by molar-refractivity contribution is 5.67. The average Bonchev–Trinajstić information content (AvgIpc) is 3.19. The van der Waals surface area contributed by atoms with Crippen molar-refractivity contribution in [2.75, 3.05) is 13.2 Å². The smallest absolute Gasteiger partial charge is 0.270 e. The Morgan fingerprint density at radius 3 is 2.59 bits per heavy atom. The van der Waals surface area contributed by atoms with E-state index in [1.165, 1.54) is 18.2 Å². The third-order valence-electron chi connectivity index (χ3n) is 4.16. The average molecular weight is 399 g/mol. The molecule has 0 radical (unpaired) electrons. The maximum atomic E-state index is 11.0. The fraction of sp³-hybridized carbons (Fsp3) is 0.263. The number of nitrogens with two attached hydrogens (primary N) is 1. The summed E-state index contributed by atoms with van der Waals surface area (Å²) >= 11 is 0. The van der Waals surface area contributed by atoms with Gasteiger partial charge in [-0.2, -0.15) is 5.10 Å². The van der Waals surface area contributed by atoms with Crippen molar-refractivity contribution in [2.45, 2.75) is 19.9 Å². The molecule has 0 aliphatic rings. The van der Waals surface area contributed by atoms with Gasteiger partial charge in [-0.3, -0.25) is 15.2 Å². The molecular formula is C19H21N5O5. The Hall–Kier alpha value is -3.66. The highest BCUT2D eigenvalue weighted by Gasteiger charge is 2.20. The van der Waals surface area contributed by atoms with E-state index in [1.54, 1.807) is 18.2 Å². The number of phenolic OH excluding ortho intramolecular Hbond substituents is 1. The lowest BCUT2D eigenvalue weighted by Crippen LogP contribution is -2.14. The van der Waals surface area contributed by atoms with Gasteiger partial charge in [0.15, 0.2) is 17.3 Å². The van der Waals surface area contributed by atoms with Crippen LogP contribution in [0.25, 0.3) is 11.4 Å². The highest BCUT2D eigenvalue weighted by atomic mass is 16.6. The molecule has 1 heterocycles. The lowest BCUT2D eigenvalue weighted by atomic mass is 10.1. The molecule has 1 atom stereocenters. The van der Waals surface area contributed by atoms with E-state index in [-0.39, 0.29) is 22.8 Å². The van der Waals surface area contributed by atoms with Crippen molar-refractivity contribution < 1.29 is 19.5 Å². The van der Waals surface area contributed by atoms with Gasteiger partial charge in [-0.1, -0.05) is 6.07 Å². The number of phenols is 1. The van der Waals surface area contributed by atoms with Crippen LogP contribution >= 0.6 is 0 Å². The zero-order chi connectivity index (χ0) is 21.0. The van der Waals surface area contributed by atoms with Crippen molar-refractivity contribution in [3.63, 3.8) is 0 Å². The van der Waals surface area contributed by atoms with E-state index in [4.69, 9.17) is 15.2 Å². The number of benzene rings is 2. The minimum absolute atomic E-state index is 0.104. The van der Waals surface area contributed by atoms with E-state index < -0.39 is 11.0 Å². The van der Waals surface area contributed by atoms with Gasteiger partial charge in [0.05, 0.1) is 29.7 Å². The number of ether oxygens (including phenoxy) is 2. The molecule has 3 rings (SSSR count). The number of nitro groups is 1. The molecular weight excluding hydrogens is 378 g/mol. The van der Waals surface area contributed by atoms with E-state index in [2.05, 4.69) is 15.2 Å². The van der Waals surface area contributed by atoms with Gasteiger partial charge in [-0.15, -0.1) is 0 Å². The molecule has 0 aliphatic carbocycles. The standard InChI is InChI=1S/C19H21N5O5/c1-3-28-15-8-5-11(9-16(15)29-4-2)17(20)19-21-18(22-23-19)13-10-12(24(26)27)6-7-14(13)25/h5-10,17,25H,3-4,20H2,1-2H3,(H,21,22,23)/t17-/m0/s1. The van der Waals surface area contributed by atoms with Crippen molar-refractivity contribution >= 4 is 5.69 Å². The molecule has 2 aromatic carbocycles. The third-order valence-corrected chi connectivity index (χ3v) is 4.16. The van der Waals surface area contributed by atoms with Crippen LogP contribution in [0.4, 0.5) is 5.69 Å². The molecule has 0 unspecified atom stereocenters. The second-order valence-corrected chi connectivity index (χ2v) is 6.05. The second kappa shape index (κ2) is 8.57. The monoisotopic (exact) mass is 399 g/mol. The van der Waals surface area contributed by atoms with Crippen LogP contribution in [0.1, 0.15) is 31.3 Å². The number of nitrogens with zero attached hydrogens (tertiary/aromatic N) is 3. The Balaban J connectivity index is 1.92. The normalized spacial score (nSPS) is 11.8. The molecule has 0 spiro atoms. The molecule has 0 amide bonds. The SMILES string of the molecule is CCOc1ccc([C@H](N)c2nc(-c3cc([N+](=O)[O-])ccc3O)n[nH]2)cc1OCC. The van der Waals surface area contributed by atoms with Crippen molar-refractivity contribution in [3.05, 3.63) is 57.9 Å². The van der Waals surface area contributed by atoms with E-state index in [1.807, 2.05) is 13.8 Å². The summed E-state index contributed by atoms with van der Waals surface area (Å²) in [5.74, 6) is 1.45. The maximum Gasteiger partial charge on any atom is 0.270 e. The highest BCUT2D eigenvalue weighted by Crippen LogP contribution is 2.33. The third kappa shape index (κ3) is 4.27. The molecule has 4 N–H and O–H groups in total. The molecule has 0 bridgehead atoms. The molecule has 0 saturated heterocycles. The van der Waals surface area contributed by atoms with Crippen LogP contribution in [-0.4, -0.2) is 38.4 Å². The number of aromatic amines is 1. The first-order valence-corrected chi connectivity index (χ1v) is 8.99. The van der Waals surface area contributed by atoms with Crippen molar-refractivity contribution in [1.29, 1.82) is 0 Å². The Bertz CT molecular complexity index is 1020. The number of hydrogen-bond donors (Lipinski definition) is 3. The Labute approximate surface area is 166 Å². The minimum Gasteiger partial charge on any atom is -0.507 e. The van der Waals surface area contributed by atoms with Gasteiger partial charge < -0.3 is 20.3 Å². The molecule has 152 valence electrons. The summed E-state index contributed by atoms with van der Waals surface area (Å²) in [6.45, 7) is 4.73. The predicted octanol–water partition coefficient (Wildman–Crippen LogP) is 2.93. The summed E-state index contributed by atoms with van der Waals surface area (Å²) in [5, 5.41) is 27.8. The fourth-order valence-electron chi connectivity index (χ4n) is 2.77. The quantitative estimate of drug-likeness (QED) is 0.386. The number of aromatic hydroxyl groups is 1. The molecule has 1 aromatic heterocycles. The van der Waals surface area contributed by atoms with Crippen LogP contribution in [0.15, 0.2) is 36.4 Å². The predicted molar refractivity (Wildman–Crippen MR) is 105 cm³/mol. The van der Waals surface area contributed by atoms with Gasteiger partial charge in [0.1, 0.15) is 11.6 Å². The molecule has 0 aliphatic heterocycles. The van der Waals surface area contributed by atoms with Crippen LogP contribution in [0.3, 0.4) is 0 Å². The lowest BCUT2D eigenvalue weighted by Gasteiger charge is -2.14. The number of non-ortho nitro benzene ring substituents is 1. The molecule has 10 heteroatoms. The lowest BCUT2D eigenvalue weighted by molar-refractivity contribution is -0.384. The number of nitro benzene ring substituents is 1. The molecule has 10 nitrogen and oxygen atoms in total. The molecule has 3 aromatic rings. The van der Waals surface area contributed by atoms with Crippen LogP contribution in [0.5, 0.6) is 17.2 Å². The van der Waals surface area contributed by atoms with Gasteiger partial charge in [0, 0.05) is 12.1 Å². The topological polar surface area (TPSA) is 149 Å². The van der Waals surface area contributed by atoms with E-state index >= 15 is 0 Å². The first kappa shape index (κ1) is 20.1. The Morgan fingerprint density at radius 2 is 1.90 bits per heavy atom. The molecule has 29 heavy (non-hydrogen) atoms. The van der Waals surface area contributed by atoms with Gasteiger partial charge in [0.2, 0.25) is 0 Å². The number of nitrogens with one attached hydrogen (secondary N) is 1. The van der Waals surface area contributed by atoms with E-state index in [0.717, 1.165) is 0 Å². The van der Waals surface area contributed by atoms with Crippen LogP contribution in [0.2, 0.25) is 0 Å². The number of aromatic nitrogens is 3. The summed E-state index contributed by atoms with van der Waals surface area (Å²) in [7, 11) is 0. The Morgan fingerprint density at radius 1 is 1.17 bits per heavy atom. The van der Waals surface area contributed by atoms with Gasteiger partial charge in [-0.25, -0.2) is 4.98 Å². The zero-order valence-corrected chi connectivity index (χ0v) is 16.0. The van der Waals surface area contributed by atoms with Crippen molar-refractivity contribution in [1.82, 2.24) is 15.2 Å². The van der Waals surface area contributed by atoms with E-state index in [9.17, 15) is 15.2 Å². The Kier molecular flexibility index (Phi) is 5.93. The number of hydrogen-bond acceptors (Lipinski definition) is 8. The largest absolute Gasteiger partial charge is 0.507 e. The van der Waals surface area contributed by atoms with Gasteiger partial charge in [-0.05, 0) is 37.6 Å². The maximum absolute atomic E-state index is 11.0. The van der Waals surface area contributed by atoms with Crippen LogP contribution < -0.4 is 15.2 Å². The molecule has 0 saturated carbocycles. The van der Waals surface area contributed by atoms with Crippen LogP contribution in [0, 0.1) is 10.1 Å². The fourth-order valence-corrected chi connectivity index (χ4v) is 2.77. The van der Waals surface area contributed by atoms with Gasteiger partial charge in [0.25, 0.3) is 5.69 Å².